The van der Waals surface area contributed by atoms with Crippen molar-refractivity contribution in [2.75, 3.05) is 0 Å². The van der Waals surface area contributed by atoms with Crippen LogP contribution in [-0.2, 0) is 9.59 Å². The van der Waals surface area contributed by atoms with Gasteiger partial charge in [0, 0.05) is 17.2 Å². The van der Waals surface area contributed by atoms with Gasteiger partial charge in [0.2, 0.25) is 11.7 Å². The van der Waals surface area contributed by atoms with Gasteiger partial charge in [0.1, 0.15) is 0 Å². The second kappa shape index (κ2) is 14.6. The molecule has 2 amide bonds. The molecule has 4 rings (SSSR count). The predicted octanol–water partition coefficient (Wildman–Crippen LogP) is 4.84. The molecule has 2 aromatic carbocycles. The summed E-state index contributed by atoms with van der Waals surface area (Å²) in [5.41, 5.74) is 2.36. The van der Waals surface area contributed by atoms with Crippen LogP contribution in [0, 0.1) is 0 Å². The van der Waals surface area contributed by atoms with Crippen molar-refractivity contribution >= 4 is 23.8 Å². The fourth-order valence-electron chi connectivity index (χ4n) is 3.81. The molecule has 0 spiro atoms. The zero-order chi connectivity index (χ0) is 32.4. The van der Waals surface area contributed by atoms with Gasteiger partial charge in [-0.25, -0.2) is 14.6 Å². The van der Waals surface area contributed by atoms with Crippen LogP contribution in [0.5, 0.6) is 0 Å². The minimum atomic E-state index is -5.08. The number of hydrogen-bond acceptors (Lipinski definition) is 7. The second-order valence-corrected chi connectivity index (χ2v) is 9.22. The number of amides is 2. The lowest BCUT2D eigenvalue weighted by Gasteiger charge is -2.13. The number of carboxylic acid groups (broad SMARTS) is 2. The third-order valence-corrected chi connectivity index (χ3v) is 6.18. The summed E-state index contributed by atoms with van der Waals surface area (Å²) in [6.07, 6.45) is -2.05. The molecule has 0 fully saturated rings. The number of carbonyl (C=O) groups excluding carboxylic acids is 2. The molecule has 0 saturated carbocycles. The van der Waals surface area contributed by atoms with Crippen LogP contribution in [0.15, 0.2) is 71.3 Å². The molecule has 0 saturated heterocycles. The van der Waals surface area contributed by atoms with Gasteiger partial charge < -0.3 is 25.3 Å². The number of nitrogens with zero attached hydrogens (tertiary/aromatic N) is 2. The molecule has 0 bridgehead atoms. The summed E-state index contributed by atoms with van der Waals surface area (Å²) in [7, 11) is 0. The van der Waals surface area contributed by atoms with E-state index < -0.39 is 30.1 Å². The maximum atomic E-state index is 12.7. The van der Waals surface area contributed by atoms with Crippen LogP contribution in [-0.4, -0.2) is 61.4 Å². The van der Waals surface area contributed by atoms with Crippen molar-refractivity contribution in [3.8, 4) is 22.7 Å². The van der Waals surface area contributed by atoms with Gasteiger partial charge in [0.25, 0.3) is 11.8 Å². The third-order valence-electron chi connectivity index (χ3n) is 6.18. The Bertz CT molecular complexity index is 1600. The number of oxazole rings is 1. The summed E-state index contributed by atoms with van der Waals surface area (Å²) in [4.78, 5) is 50.0. The van der Waals surface area contributed by atoms with Crippen LogP contribution >= 0.6 is 0 Å². The van der Waals surface area contributed by atoms with Crippen LogP contribution in [0.4, 0.5) is 13.2 Å². The Kier molecular flexibility index (Phi) is 11.0. The van der Waals surface area contributed by atoms with Crippen LogP contribution in [0.2, 0.25) is 0 Å². The normalized spacial score (nSPS) is 11.7. The summed E-state index contributed by atoms with van der Waals surface area (Å²) in [6, 6.07) is 16.0. The lowest BCUT2D eigenvalue weighted by atomic mass is 10.1. The van der Waals surface area contributed by atoms with Crippen LogP contribution in [0.1, 0.15) is 59.3 Å². The summed E-state index contributed by atoms with van der Waals surface area (Å²) >= 11 is 0. The van der Waals surface area contributed by atoms with Crippen molar-refractivity contribution in [1.29, 1.82) is 0 Å². The fourth-order valence-corrected chi connectivity index (χ4v) is 3.81. The van der Waals surface area contributed by atoms with Gasteiger partial charge in [-0.05, 0) is 36.6 Å². The zero-order valence-corrected chi connectivity index (χ0v) is 23.4. The Morgan fingerprint density at radius 1 is 0.909 bits per heavy atom. The highest BCUT2D eigenvalue weighted by Gasteiger charge is 2.38. The molecule has 1 atom stereocenters. The quantitative estimate of drug-likeness (QED) is 0.166. The standard InChI is InChI=1S/C27H27N5O5.C2HF3O2/c1-3-19(4-2)29-25(34)22-15-28-26(37-22)18-12-8-11-17(13-18)20-14-21(32-31-20)24(33)30-23(27(35)36)16-9-6-5-7-10-16;3-2(4,5)1(6)7/h5-15,19,23H,3-4H2,1-2H3,(H,29,34)(H,30,33)(H,31,32)(H,35,36);(H,6,7). The third kappa shape index (κ3) is 8.77. The second-order valence-electron chi connectivity index (χ2n) is 9.22. The highest BCUT2D eigenvalue weighted by molar-refractivity contribution is 5.96. The number of aromatic nitrogens is 3. The lowest BCUT2D eigenvalue weighted by molar-refractivity contribution is -0.192. The summed E-state index contributed by atoms with van der Waals surface area (Å²) in [5.74, 6) is -4.48. The minimum absolute atomic E-state index is 0.0408. The molecule has 2 aromatic heterocycles. The number of rotatable bonds is 10. The Labute approximate surface area is 248 Å². The summed E-state index contributed by atoms with van der Waals surface area (Å²) in [5, 5.41) is 29.0. The van der Waals surface area contributed by atoms with E-state index in [1.165, 1.54) is 12.3 Å². The highest BCUT2D eigenvalue weighted by Crippen LogP contribution is 2.26. The number of alkyl halides is 3. The Balaban J connectivity index is 0.000000676. The SMILES string of the molecule is CCC(CC)NC(=O)c1cnc(-c2cccc(-c3cc(C(=O)NC(C(=O)O)c4ccccc4)n[nH]3)c2)o1.O=C(O)C(F)(F)F. The zero-order valence-electron chi connectivity index (χ0n) is 23.4. The van der Waals surface area contributed by atoms with E-state index in [0.717, 1.165) is 12.8 Å². The van der Waals surface area contributed by atoms with Gasteiger partial charge in [-0.1, -0.05) is 56.3 Å². The Hall–Kier alpha value is -5.47. The Morgan fingerprint density at radius 2 is 1.55 bits per heavy atom. The Morgan fingerprint density at radius 3 is 2.14 bits per heavy atom. The van der Waals surface area contributed by atoms with Crippen molar-refractivity contribution in [1.82, 2.24) is 25.8 Å². The van der Waals surface area contributed by atoms with Gasteiger partial charge in [0.05, 0.1) is 11.9 Å². The number of H-pyrrole nitrogens is 1. The topological polar surface area (TPSA) is 188 Å². The molecule has 0 aliphatic carbocycles. The van der Waals surface area contributed by atoms with Gasteiger partial charge in [-0.2, -0.15) is 18.3 Å². The predicted molar refractivity (Wildman–Crippen MR) is 149 cm³/mol. The molecule has 2 heterocycles. The van der Waals surface area contributed by atoms with Crippen LogP contribution in [0.3, 0.4) is 0 Å². The van der Waals surface area contributed by atoms with E-state index in [4.69, 9.17) is 14.3 Å². The molecule has 1 unspecified atom stereocenters. The number of carbonyl (C=O) groups is 4. The van der Waals surface area contributed by atoms with E-state index in [1.54, 1.807) is 48.5 Å². The first-order valence-corrected chi connectivity index (χ1v) is 13.2. The van der Waals surface area contributed by atoms with Crippen LogP contribution < -0.4 is 10.6 Å². The average Bonchev–Trinajstić information content (AvgIpc) is 3.70. The molecule has 12 nitrogen and oxygen atoms in total. The summed E-state index contributed by atoms with van der Waals surface area (Å²) < 4.78 is 37.4. The number of aliphatic carboxylic acids is 2. The molecular weight excluding hydrogens is 587 g/mol. The smallest absolute Gasteiger partial charge is 0.479 e. The van der Waals surface area contributed by atoms with Crippen molar-refractivity contribution in [2.24, 2.45) is 0 Å². The first-order chi connectivity index (χ1) is 20.8. The first-order valence-electron chi connectivity index (χ1n) is 13.2. The lowest BCUT2D eigenvalue weighted by Crippen LogP contribution is -2.33. The molecule has 5 N–H and O–H groups in total. The van der Waals surface area contributed by atoms with E-state index in [0.29, 0.717) is 22.4 Å². The van der Waals surface area contributed by atoms with E-state index in [9.17, 15) is 32.7 Å². The number of nitrogens with one attached hydrogen (secondary N) is 3. The summed E-state index contributed by atoms with van der Waals surface area (Å²) in [6.45, 7) is 4.01. The van der Waals surface area contributed by atoms with Gasteiger partial charge in [-0.15, -0.1) is 0 Å². The van der Waals surface area contributed by atoms with Gasteiger partial charge >= 0.3 is 18.1 Å². The van der Waals surface area contributed by atoms with Crippen LogP contribution in [0.25, 0.3) is 22.7 Å². The largest absolute Gasteiger partial charge is 0.490 e. The minimum Gasteiger partial charge on any atom is -0.479 e. The van der Waals surface area contributed by atoms with E-state index in [2.05, 4.69) is 25.8 Å². The molecular formula is C29H28F3N5O7. The molecule has 0 aliphatic heterocycles. The van der Waals surface area contributed by atoms with Gasteiger partial charge in [-0.3, -0.25) is 14.7 Å². The van der Waals surface area contributed by atoms with Crippen molar-refractivity contribution in [3.05, 3.63) is 83.9 Å². The number of benzene rings is 2. The number of aromatic amines is 1. The van der Waals surface area contributed by atoms with Crippen molar-refractivity contribution in [3.63, 3.8) is 0 Å². The average molecular weight is 616 g/mol. The molecule has 232 valence electrons. The maximum Gasteiger partial charge on any atom is 0.490 e. The molecule has 15 heteroatoms. The first kappa shape index (κ1) is 33.0. The molecule has 4 aromatic rings. The van der Waals surface area contributed by atoms with E-state index in [-0.39, 0.29) is 29.3 Å². The maximum absolute atomic E-state index is 12.7. The fraction of sp³-hybridized carbons (Fsp3) is 0.241. The van der Waals surface area contributed by atoms with Crippen molar-refractivity contribution < 1.29 is 47.0 Å². The monoisotopic (exact) mass is 615 g/mol. The van der Waals surface area contributed by atoms with Gasteiger partial charge in [0.15, 0.2) is 11.7 Å². The number of halogens is 3. The molecule has 0 radical (unpaired) electrons. The van der Waals surface area contributed by atoms with Crippen molar-refractivity contribution in [2.45, 2.75) is 44.9 Å². The molecule has 0 aliphatic rings. The molecule has 44 heavy (non-hydrogen) atoms. The highest BCUT2D eigenvalue weighted by atomic mass is 19.4. The van der Waals surface area contributed by atoms with E-state index >= 15 is 0 Å². The van der Waals surface area contributed by atoms with E-state index in [1.807, 2.05) is 19.9 Å². The number of carboxylic acids is 2. The number of hydrogen-bond donors (Lipinski definition) is 5.